The molecule has 7 heteroatoms. The van der Waals surface area contributed by atoms with Crippen LogP contribution in [0.25, 0.3) is 0 Å². The predicted octanol–water partition coefficient (Wildman–Crippen LogP) is 0.734. The summed E-state index contributed by atoms with van der Waals surface area (Å²) in [4.78, 5) is 11.7. The largest absolute Gasteiger partial charge is 0.481 e. The van der Waals surface area contributed by atoms with Crippen molar-refractivity contribution in [1.82, 2.24) is 0 Å². The molecule has 0 amide bonds. The van der Waals surface area contributed by atoms with Gasteiger partial charge in [0.2, 0.25) is 0 Å². The van der Waals surface area contributed by atoms with Crippen molar-refractivity contribution < 1.29 is 34.7 Å². The van der Waals surface area contributed by atoms with Crippen LogP contribution >= 0.6 is 0 Å². The topological polar surface area (TPSA) is 116 Å². The number of unbranched alkanes of at least 4 members (excludes halogenated alkanes) is 2. The van der Waals surface area contributed by atoms with Crippen LogP contribution in [0.1, 0.15) is 32.1 Å². The number of hydrogen-bond acceptors (Lipinski definition) is 6. The standard InChI is InChI=1S/C17H28O7/c18-7-1-3-9-23-17(22,24-10-4-2-8-19)15-13-6-5-12(11-13)14(15)16(20)21/h5-6,12-15,18-19,22H,1-4,7-11H2,(H,20,21). The molecule has 7 nitrogen and oxygen atoms in total. The van der Waals surface area contributed by atoms with E-state index in [-0.39, 0.29) is 38.3 Å². The molecular weight excluding hydrogens is 316 g/mol. The highest BCUT2D eigenvalue weighted by Crippen LogP contribution is 2.53. The molecule has 138 valence electrons. The minimum Gasteiger partial charge on any atom is -0.481 e. The normalized spacial score (nSPS) is 28.6. The van der Waals surface area contributed by atoms with Crippen molar-refractivity contribution in [2.24, 2.45) is 23.7 Å². The smallest absolute Gasteiger partial charge is 0.307 e. The van der Waals surface area contributed by atoms with Crippen molar-refractivity contribution in [3.05, 3.63) is 12.2 Å². The van der Waals surface area contributed by atoms with Crippen molar-refractivity contribution >= 4 is 5.97 Å². The number of aliphatic hydroxyl groups is 3. The number of aliphatic carboxylic acids is 1. The summed E-state index contributed by atoms with van der Waals surface area (Å²) in [6.07, 6.45) is 6.70. The second-order valence-corrected chi connectivity index (χ2v) is 6.53. The van der Waals surface area contributed by atoms with E-state index in [1.807, 2.05) is 12.2 Å². The molecule has 2 rings (SSSR count). The van der Waals surface area contributed by atoms with E-state index in [0.29, 0.717) is 32.1 Å². The number of aliphatic hydroxyl groups excluding tert-OH is 2. The first-order valence-corrected chi connectivity index (χ1v) is 8.66. The fourth-order valence-corrected chi connectivity index (χ4v) is 3.75. The van der Waals surface area contributed by atoms with Gasteiger partial charge in [0, 0.05) is 13.2 Å². The molecule has 4 N–H and O–H groups in total. The molecule has 2 aliphatic rings. The Bertz CT molecular complexity index is 425. The van der Waals surface area contributed by atoms with E-state index < -0.39 is 23.8 Å². The van der Waals surface area contributed by atoms with E-state index >= 15 is 0 Å². The van der Waals surface area contributed by atoms with Gasteiger partial charge in [0.05, 0.1) is 25.0 Å². The Hall–Kier alpha value is -0.990. The Morgan fingerprint density at radius 2 is 1.54 bits per heavy atom. The van der Waals surface area contributed by atoms with Crippen LogP contribution in [0, 0.1) is 23.7 Å². The summed E-state index contributed by atoms with van der Waals surface area (Å²) in [6, 6.07) is 0. The summed E-state index contributed by atoms with van der Waals surface area (Å²) < 4.78 is 11.2. The SMILES string of the molecule is O=C(O)C1C2C=CC(C2)C1C(O)(OCCCCO)OCCCCO. The van der Waals surface area contributed by atoms with Crippen molar-refractivity contribution in [2.45, 2.75) is 38.1 Å². The number of ether oxygens (including phenoxy) is 2. The van der Waals surface area contributed by atoms with Gasteiger partial charge >= 0.3 is 5.97 Å². The van der Waals surface area contributed by atoms with Crippen molar-refractivity contribution in [3.8, 4) is 0 Å². The number of carbonyl (C=O) groups is 1. The van der Waals surface area contributed by atoms with E-state index in [2.05, 4.69) is 0 Å². The maximum absolute atomic E-state index is 11.7. The average Bonchev–Trinajstić information content (AvgIpc) is 3.17. The lowest BCUT2D eigenvalue weighted by Gasteiger charge is -2.39. The molecule has 24 heavy (non-hydrogen) atoms. The molecule has 0 aromatic carbocycles. The number of carboxylic acid groups (broad SMARTS) is 1. The second-order valence-electron chi connectivity index (χ2n) is 6.53. The van der Waals surface area contributed by atoms with E-state index in [1.54, 1.807) is 0 Å². The zero-order valence-corrected chi connectivity index (χ0v) is 13.8. The maximum atomic E-state index is 11.7. The van der Waals surface area contributed by atoms with Crippen molar-refractivity contribution in [1.29, 1.82) is 0 Å². The number of allylic oxidation sites excluding steroid dienone is 2. The maximum Gasteiger partial charge on any atom is 0.307 e. The number of carboxylic acids is 1. The van der Waals surface area contributed by atoms with Gasteiger partial charge in [-0.05, 0) is 43.9 Å². The third kappa shape index (κ3) is 4.34. The van der Waals surface area contributed by atoms with Crippen LogP contribution in [-0.4, -0.2) is 58.8 Å². The average molecular weight is 344 g/mol. The van der Waals surface area contributed by atoms with Crippen LogP contribution < -0.4 is 0 Å². The molecule has 1 saturated carbocycles. The zero-order chi connectivity index (χ0) is 17.6. The Balaban J connectivity index is 2.08. The molecular formula is C17H28O7. The summed E-state index contributed by atoms with van der Waals surface area (Å²) in [5, 5.41) is 38.2. The Morgan fingerprint density at radius 1 is 1.00 bits per heavy atom. The molecule has 2 bridgehead atoms. The van der Waals surface area contributed by atoms with Crippen molar-refractivity contribution in [3.63, 3.8) is 0 Å². The molecule has 0 heterocycles. The Labute approximate surface area is 141 Å². The van der Waals surface area contributed by atoms with Crippen molar-refractivity contribution in [2.75, 3.05) is 26.4 Å². The van der Waals surface area contributed by atoms with E-state index in [0.717, 1.165) is 0 Å². The van der Waals surface area contributed by atoms with Gasteiger partial charge in [-0.25, -0.2) is 0 Å². The minimum atomic E-state index is -1.96. The number of rotatable bonds is 12. The molecule has 0 saturated heterocycles. The fraction of sp³-hybridized carbons (Fsp3) is 0.824. The van der Waals surface area contributed by atoms with Gasteiger partial charge in [-0.1, -0.05) is 12.2 Å². The Morgan fingerprint density at radius 3 is 2.04 bits per heavy atom. The summed E-state index contributed by atoms with van der Waals surface area (Å²) in [7, 11) is 0. The van der Waals surface area contributed by atoms with Crippen LogP contribution in [-0.2, 0) is 14.3 Å². The first kappa shape index (κ1) is 19.3. The lowest BCUT2D eigenvalue weighted by Crippen LogP contribution is -2.50. The van der Waals surface area contributed by atoms with Gasteiger partial charge in [0.25, 0.3) is 5.97 Å². The van der Waals surface area contributed by atoms with Gasteiger partial charge in [-0.3, -0.25) is 4.79 Å². The molecule has 0 aromatic rings. The van der Waals surface area contributed by atoms with Crippen LogP contribution in [0.15, 0.2) is 12.2 Å². The fourth-order valence-electron chi connectivity index (χ4n) is 3.75. The zero-order valence-electron chi connectivity index (χ0n) is 13.8. The quantitative estimate of drug-likeness (QED) is 0.234. The summed E-state index contributed by atoms with van der Waals surface area (Å²) >= 11 is 0. The van der Waals surface area contributed by atoms with E-state index in [1.165, 1.54) is 0 Å². The van der Waals surface area contributed by atoms with Gasteiger partial charge in [0.1, 0.15) is 0 Å². The lowest BCUT2D eigenvalue weighted by molar-refractivity contribution is -0.394. The molecule has 4 unspecified atom stereocenters. The number of fused-ring (bicyclic) bond motifs is 2. The van der Waals surface area contributed by atoms with Crippen LogP contribution in [0.3, 0.4) is 0 Å². The highest BCUT2D eigenvalue weighted by molar-refractivity contribution is 5.72. The highest BCUT2D eigenvalue weighted by Gasteiger charge is 2.58. The first-order valence-electron chi connectivity index (χ1n) is 8.66. The highest BCUT2D eigenvalue weighted by atomic mass is 16.8. The monoisotopic (exact) mass is 344 g/mol. The van der Waals surface area contributed by atoms with Gasteiger partial charge in [0.15, 0.2) is 0 Å². The third-order valence-electron chi connectivity index (χ3n) is 4.89. The van der Waals surface area contributed by atoms with E-state index in [9.17, 15) is 15.0 Å². The number of hydrogen-bond donors (Lipinski definition) is 4. The van der Waals surface area contributed by atoms with Gasteiger partial charge in [-0.2, -0.15) is 0 Å². The van der Waals surface area contributed by atoms with Crippen LogP contribution in [0.5, 0.6) is 0 Å². The van der Waals surface area contributed by atoms with Gasteiger partial charge in [-0.15, -0.1) is 0 Å². The summed E-state index contributed by atoms with van der Waals surface area (Å²) in [5.74, 6) is -4.50. The van der Waals surface area contributed by atoms with Crippen LogP contribution in [0.4, 0.5) is 0 Å². The van der Waals surface area contributed by atoms with Crippen LogP contribution in [0.2, 0.25) is 0 Å². The predicted molar refractivity (Wildman–Crippen MR) is 84.8 cm³/mol. The molecule has 0 spiro atoms. The molecule has 4 atom stereocenters. The Kier molecular flexibility index (Phi) is 7.18. The molecule has 1 fully saturated rings. The molecule has 0 radical (unpaired) electrons. The van der Waals surface area contributed by atoms with E-state index in [4.69, 9.17) is 19.7 Å². The summed E-state index contributed by atoms with van der Waals surface area (Å²) in [5.41, 5.74) is 0. The molecule has 2 aliphatic carbocycles. The second kappa shape index (κ2) is 8.92. The molecule has 0 aliphatic heterocycles. The van der Waals surface area contributed by atoms with Gasteiger partial charge < -0.3 is 29.9 Å². The lowest BCUT2D eigenvalue weighted by atomic mass is 9.81. The summed E-state index contributed by atoms with van der Waals surface area (Å²) in [6.45, 7) is 0.434. The first-order chi connectivity index (χ1) is 11.5. The third-order valence-corrected chi connectivity index (χ3v) is 4.89. The minimum absolute atomic E-state index is 0.0355. The molecule has 0 aromatic heterocycles.